The first-order chi connectivity index (χ1) is 17.2. The van der Waals surface area contributed by atoms with Crippen LogP contribution in [0.15, 0.2) is 72.8 Å². The molecule has 0 amide bonds. The maximum atomic E-state index is 4.93. The fraction of sp³-hybridized carbons (Fsp3) is 0.219. The number of hydrogen-bond donors (Lipinski definition) is 0. The summed E-state index contributed by atoms with van der Waals surface area (Å²) in [4.78, 5) is 0. The Morgan fingerprint density at radius 1 is 0.657 bits per heavy atom. The second-order valence-electron chi connectivity index (χ2n) is 9.25. The summed E-state index contributed by atoms with van der Waals surface area (Å²) in [6.45, 7) is 4.58. The molecule has 0 unspecified atom stereocenters. The molecule has 0 saturated carbocycles. The Kier molecular flexibility index (Phi) is 7.88. The fourth-order valence-corrected chi connectivity index (χ4v) is 5.96. The summed E-state index contributed by atoms with van der Waals surface area (Å²) in [5.41, 5.74) is 17.8. The summed E-state index contributed by atoms with van der Waals surface area (Å²) in [5, 5.41) is 0. The minimum absolute atomic E-state index is 0.826. The third kappa shape index (κ3) is 4.69. The molecule has 2 aliphatic carbocycles. The third-order valence-electron chi connectivity index (χ3n) is 7.60. The van der Waals surface area contributed by atoms with Crippen molar-refractivity contribution < 1.29 is 20.8 Å². The van der Waals surface area contributed by atoms with Crippen LogP contribution in [0, 0.1) is 6.42 Å². The molecule has 4 aromatic rings. The van der Waals surface area contributed by atoms with Crippen molar-refractivity contribution in [1.82, 2.24) is 0 Å². The molecule has 0 saturated heterocycles. The van der Waals surface area contributed by atoms with E-state index in [2.05, 4.69) is 93.1 Å². The van der Waals surface area contributed by atoms with E-state index in [9.17, 15) is 0 Å². The Labute approximate surface area is 228 Å². The molecule has 0 N–H and O–H groups in total. The third-order valence-corrected chi connectivity index (χ3v) is 7.60. The molecule has 0 fully saturated rings. The van der Waals surface area contributed by atoms with Gasteiger partial charge in [-0.15, -0.1) is 17.2 Å². The van der Waals surface area contributed by atoms with Crippen LogP contribution in [-0.4, -0.2) is 0 Å². The van der Waals surface area contributed by atoms with Gasteiger partial charge in [-0.05, 0) is 63.8 Å². The Morgan fingerprint density at radius 3 is 1.77 bits per heavy atom. The minimum atomic E-state index is -0.826. The molecule has 6 rings (SSSR count). The van der Waals surface area contributed by atoms with E-state index in [1.54, 1.807) is 11.1 Å². The van der Waals surface area contributed by atoms with Crippen LogP contribution in [0.2, 0.25) is 0 Å². The Balaban J connectivity index is 0.000000806. The molecule has 0 bridgehead atoms. The number of fused-ring (bicyclic) bond motifs is 6. The Morgan fingerprint density at radius 2 is 1.17 bits per heavy atom. The molecule has 0 aromatic heterocycles. The molecule has 35 heavy (non-hydrogen) atoms. The first-order valence-corrected chi connectivity index (χ1v) is 18.8. The fourth-order valence-electron chi connectivity index (χ4n) is 5.96. The van der Waals surface area contributed by atoms with E-state index in [-0.39, 0.29) is 0 Å². The van der Waals surface area contributed by atoms with Crippen LogP contribution in [0.25, 0.3) is 22.3 Å². The van der Waals surface area contributed by atoms with Crippen LogP contribution in [0.5, 0.6) is 0 Å². The average molecular weight is 576 g/mol. The first kappa shape index (κ1) is 24.9. The molecule has 0 atom stereocenters. The molecule has 0 spiro atoms. The van der Waals surface area contributed by atoms with Gasteiger partial charge in [0.05, 0.1) is 0 Å². The van der Waals surface area contributed by atoms with Crippen molar-refractivity contribution >= 4 is 17.0 Å². The molecule has 0 radical (unpaired) electrons. The maximum absolute atomic E-state index is 4.93. The number of rotatable bonds is 5. The summed E-state index contributed by atoms with van der Waals surface area (Å²) >= 11 is -0.826. The molecule has 0 aliphatic heterocycles. The number of benzene rings is 4. The Bertz CT molecular complexity index is 1270. The van der Waals surface area contributed by atoms with E-state index in [1.807, 2.05) is 0 Å². The van der Waals surface area contributed by atoms with Crippen LogP contribution >= 0.6 is 17.0 Å². The van der Waals surface area contributed by atoms with Gasteiger partial charge in [0, 0.05) is 0 Å². The molecular formula is C32H29Cl2Zr-. The molecule has 2 aliphatic rings. The monoisotopic (exact) mass is 573 g/mol. The summed E-state index contributed by atoms with van der Waals surface area (Å²) in [5.74, 6) is 0. The normalized spacial score (nSPS) is 12.1. The van der Waals surface area contributed by atoms with E-state index < -0.39 is 20.8 Å². The summed E-state index contributed by atoms with van der Waals surface area (Å²) in [6, 6.07) is 27.3. The van der Waals surface area contributed by atoms with Gasteiger partial charge in [-0.25, -0.2) is 0 Å². The van der Waals surface area contributed by atoms with Crippen molar-refractivity contribution in [2.75, 3.05) is 0 Å². The first-order valence-electron chi connectivity index (χ1n) is 12.4. The number of aryl methyl sites for hydroxylation is 2. The van der Waals surface area contributed by atoms with Gasteiger partial charge < -0.3 is 0 Å². The molecule has 176 valence electrons. The topological polar surface area (TPSA) is 0 Å². The summed E-state index contributed by atoms with van der Waals surface area (Å²) in [6.07, 6.45) is 7.85. The van der Waals surface area contributed by atoms with Gasteiger partial charge in [0.2, 0.25) is 0 Å². The number of halogens is 2. The second-order valence-corrected chi connectivity index (χ2v) is 13.0. The van der Waals surface area contributed by atoms with Crippen LogP contribution in [0.1, 0.15) is 58.4 Å². The predicted octanol–water partition coefficient (Wildman–Crippen LogP) is 9.13. The van der Waals surface area contributed by atoms with Crippen LogP contribution in [-0.2, 0) is 53.0 Å². The summed E-state index contributed by atoms with van der Waals surface area (Å²) < 4.78 is 0. The van der Waals surface area contributed by atoms with Gasteiger partial charge in [0.25, 0.3) is 0 Å². The molecule has 3 heteroatoms. The van der Waals surface area contributed by atoms with Crippen molar-refractivity contribution in [2.45, 2.75) is 46.0 Å². The van der Waals surface area contributed by atoms with E-state index in [1.165, 1.54) is 55.6 Å². The van der Waals surface area contributed by atoms with E-state index >= 15 is 0 Å². The van der Waals surface area contributed by atoms with Crippen molar-refractivity contribution in [3.8, 4) is 22.3 Å². The van der Waals surface area contributed by atoms with Gasteiger partial charge >= 0.3 is 37.9 Å². The molecule has 0 heterocycles. The van der Waals surface area contributed by atoms with Crippen LogP contribution in [0.3, 0.4) is 0 Å². The standard InChI is InChI=1S/C32H29.2ClH.Zr/c1-3-21-13-15-29-25-11-7-5-9-23(25)19-31(29)27(21)17-18-28-22(4-2)14-16-30-26-12-8-6-10-24(26)20-32(28)30;;;/h5-17H,3-4,18-20H2,1-2H3;2*1H;/q-1;;;+2/p-2. The predicted molar refractivity (Wildman–Crippen MR) is 147 cm³/mol. The zero-order valence-corrected chi connectivity index (χ0v) is 24.3. The van der Waals surface area contributed by atoms with E-state index in [0.29, 0.717) is 0 Å². The Hall–Kier alpha value is -1.79. The second kappa shape index (κ2) is 11.1. The number of hydrogen-bond acceptors (Lipinski definition) is 0. The zero-order chi connectivity index (χ0) is 24.4. The molecule has 0 nitrogen and oxygen atoms in total. The van der Waals surface area contributed by atoms with Gasteiger partial charge in [0.15, 0.2) is 0 Å². The SMILES string of the molecule is CCc1ccc2c(c1[CH-]Cc1c(CC)ccc3c1Cc1ccccc1-3)Cc1ccccc1-2.[Cl][Zr][Cl]. The van der Waals surface area contributed by atoms with Gasteiger partial charge in [-0.3, -0.25) is 0 Å². The van der Waals surface area contributed by atoms with E-state index in [4.69, 9.17) is 17.0 Å². The van der Waals surface area contributed by atoms with Crippen molar-refractivity contribution in [3.05, 3.63) is 124 Å². The van der Waals surface area contributed by atoms with Gasteiger partial charge in [-0.2, -0.15) is 12.0 Å². The van der Waals surface area contributed by atoms with Gasteiger partial charge in [-0.1, -0.05) is 99.0 Å². The van der Waals surface area contributed by atoms with E-state index in [0.717, 1.165) is 32.1 Å². The van der Waals surface area contributed by atoms with Crippen LogP contribution < -0.4 is 0 Å². The van der Waals surface area contributed by atoms with Crippen molar-refractivity contribution in [3.63, 3.8) is 0 Å². The van der Waals surface area contributed by atoms with Crippen molar-refractivity contribution in [2.24, 2.45) is 0 Å². The van der Waals surface area contributed by atoms with Crippen molar-refractivity contribution in [1.29, 1.82) is 0 Å². The van der Waals surface area contributed by atoms with Gasteiger partial charge in [0.1, 0.15) is 0 Å². The quantitative estimate of drug-likeness (QED) is 0.180. The summed E-state index contributed by atoms with van der Waals surface area (Å²) in [7, 11) is 9.87. The molecule has 4 aromatic carbocycles. The zero-order valence-electron chi connectivity index (χ0n) is 20.3. The molecular weight excluding hydrogens is 546 g/mol. The average Bonchev–Trinajstić information content (AvgIpc) is 3.46. The van der Waals surface area contributed by atoms with Crippen LogP contribution in [0.4, 0.5) is 0 Å².